The number of aromatic nitrogens is 1. The molecule has 2 N–H and O–H groups in total. The van der Waals surface area contributed by atoms with E-state index in [-0.39, 0.29) is 23.9 Å². The molecule has 1 aliphatic heterocycles. The molecular weight excluding hydrogens is 427 g/mol. The Labute approximate surface area is 175 Å². The van der Waals surface area contributed by atoms with Gasteiger partial charge in [-0.2, -0.15) is 13.2 Å². The molecule has 0 atom stereocenters. The van der Waals surface area contributed by atoms with Gasteiger partial charge in [-0.25, -0.2) is 9.78 Å². The number of hydrogen-bond acceptors (Lipinski definition) is 6. The predicted octanol–water partition coefficient (Wildman–Crippen LogP) is 2.49. The number of rotatable bonds is 5. The Morgan fingerprint density at radius 2 is 1.97 bits per heavy atom. The summed E-state index contributed by atoms with van der Waals surface area (Å²) >= 11 is 5.98. The lowest BCUT2D eigenvalue weighted by Gasteiger charge is -2.35. The highest BCUT2D eigenvalue weighted by atomic mass is 35.5. The molecule has 8 nitrogen and oxygen atoms in total. The first-order valence-electron chi connectivity index (χ1n) is 9.02. The molecule has 0 spiro atoms. The number of alkyl halides is 3. The molecule has 3 amide bonds. The normalized spacial score (nSPS) is 15.1. The third-order valence-corrected chi connectivity index (χ3v) is 4.72. The largest absolute Gasteiger partial charge is 0.467 e. The first kappa shape index (κ1) is 21.9. The van der Waals surface area contributed by atoms with Crippen molar-refractivity contribution >= 4 is 29.4 Å². The van der Waals surface area contributed by atoms with Gasteiger partial charge in [0, 0.05) is 32.4 Å². The molecule has 0 unspecified atom stereocenters. The van der Waals surface area contributed by atoms with E-state index in [1.165, 1.54) is 6.26 Å². The SMILES string of the molecule is O=C(CN1CCN(c2ncc(C(F)(F)F)cc2Cl)CC1)NC(=O)NCc1ccco1. The molecule has 30 heavy (non-hydrogen) atoms. The van der Waals surface area contributed by atoms with Crippen LogP contribution in [-0.4, -0.2) is 54.5 Å². The zero-order valence-corrected chi connectivity index (χ0v) is 16.5. The molecule has 162 valence electrons. The van der Waals surface area contributed by atoms with Gasteiger partial charge in [-0.1, -0.05) is 11.6 Å². The molecule has 0 saturated carbocycles. The minimum absolute atomic E-state index is 0.0101. The molecule has 0 bridgehead atoms. The number of hydrogen-bond donors (Lipinski definition) is 2. The number of nitrogens with one attached hydrogen (secondary N) is 2. The zero-order valence-electron chi connectivity index (χ0n) is 15.7. The van der Waals surface area contributed by atoms with Gasteiger partial charge in [-0.05, 0) is 18.2 Å². The number of amides is 3. The standard InChI is InChI=1S/C18H19ClF3N5O3/c19-14-8-12(18(20,21)22)9-23-16(14)27-5-3-26(4-6-27)11-15(28)25-17(29)24-10-13-2-1-7-30-13/h1-2,7-9H,3-6,10-11H2,(H2,24,25,28,29). The van der Waals surface area contributed by atoms with Crippen LogP contribution in [0.3, 0.4) is 0 Å². The Balaban J connectivity index is 1.44. The summed E-state index contributed by atoms with van der Waals surface area (Å²) in [4.78, 5) is 31.2. The number of imide groups is 1. The average molecular weight is 446 g/mol. The smallest absolute Gasteiger partial charge is 0.417 e. The van der Waals surface area contributed by atoms with E-state index < -0.39 is 23.7 Å². The van der Waals surface area contributed by atoms with Crippen LogP contribution in [0.25, 0.3) is 0 Å². The lowest BCUT2D eigenvalue weighted by Crippen LogP contribution is -2.51. The van der Waals surface area contributed by atoms with Crippen LogP contribution in [-0.2, 0) is 17.5 Å². The van der Waals surface area contributed by atoms with Crippen LogP contribution in [0.15, 0.2) is 35.1 Å². The van der Waals surface area contributed by atoms with Gasteiger partial charge >= 0.3 is 12.2 Å². The van der Waals surface area contributed by atoms with Crippen LogP contribution in [0.5, 0.6) is 0 Å². The van der Waals surface area contributed by atoms with Crippen molar-refractivity contribution < 1.29 is 27.2 Å². The summed E-state index contributed by atoms with van der Waals surface area (Å²) < 4.78 is 43.3. The van der Waals surface area contributed by atoms with Crippen molar-refractivity contribution in [3.8, 4) is 0 Å². The van der Waals surface area contributed by atoms with Crippen LogP contribution in [0.4, 0.5) is 23.8 Å². The van der Waals surface area contributed by atoms with Gasteiger partial charge in [0.15, 0.2) is 0 Å². The molecule has 1 saturated heterocycles. The van der Waals surface area contributed by atoms with E-state index >= 15 is 0 Å². The molecule has 0 aliphatic carbocycles. The van der Waals surface area contributed by atoms with Crippen molar-refractivity contribution in [1.82, 2.24) is 20.5 Å². The Hall–Kier alpha value is -2.79. The Morgan fingerprint density at radius 1 is 1.23 bits per heavy atom. The van der Waals surface area contributed by atoms with Crippen LogP contribution in [0, 0.1) is 0 Å². The molecule has 3 heterocycles. The summed E-state index contributed by atoms with van der Waals surface area (Å²) in [5, 5.41) is 4.67. The lowest BCUT2D eigenvalue weighted by molar-refractivity contribution is -0.137. The maximum Gasteiger partial charge on any atom is 0.417 e. The molecule has 2 aromatic rings. The highest BCUT2D eigenvalue weighted by Crippen LogP contribution is 2.33. The minimum Gasteiger partial charge on any atom is -0.467 e. The van der Waals surface area contributed by atoms with Gasteiger partial charge in [0.2, 0.25) is 5.91 Å². The van der Waals surface area contributed by atoms with Crippen LogP contribution in [0.2, 0.25) is 5.02 Å². The summed E-state index contributed by atoms with van der Waals surface area (Å²) in [5.41, 5.74) is -0.906. The van der Waals surface area contributed by atoms with E-state index in [2.05, 4.69) is 15.6 Å². The molecule has 12 heteroatoms. The number of furan rings is 1. The van der Waals surface area contributed by atoms with Gasteiger partial charge in [0.1, 0.15) is 11.6 Å². The number of piperazine rings is 1. The first-order valence-corrected chi connectivity index (χ1v) is 9.40. The summed E-state index contributed by atoms with van der Waals surface area (Å²) in [6.45, 7) is 1.94. The second-order valence-corrected chi connectivity index (χ2v) is 7.01. The number of anilines is 1. The molecule has 2 aromatic heterocycles. The summed E-state index contributed by atoms with van der Waals surface area (Å²) in [6.07, 6.45) is -2.28. The Kier molecular flexibility index (Phi) is 6.83. The third-order valence-electron chi connectivity index (χ3n) is 4.44. The molecule has 3 rings (SSSR count). The van der Waals surface area contributed by atoms with Crippen molar-refractivity contribution in [1.29, 1.82) is 0 Å². The maximum absolute atomic E-state index is 12.7. The van der Waals surface area contributed by atoms with E-state index in [0.717, 1.165) is 12.3 Å². The Morgan fingerprint density at radius 3 is 2.57 bits per heavy atom. The fourth-order valence-electron chi connectivity index (χ4n) is 2.93. The molecule has 0 aromatic carbocycles. The number of nitrogens with zero attached hydrogens (tertiary/aromatic N) is 3. The van der Waals surface area contributed by atoms with Crippen molar-refractivity contribution in [2.24, 2.45) is 0 Å². The zero-order chi connectivity index (χ0) is 21.7. The van der Waals surface area contributed by atoms with Gasteiger partial charge < -0.3 is 14.6 Å². The number of pyridine rings is 1. The van der Waals surface area contributed by atoms with E-state index in [1.807, 2.05) is 4.90 Å². The van der Waals surface area contributed by atoms with E-state index in [1.54, 1.807) is 17.0 Å². The first-order chi connectivity index (χ1) is 14.2. The predicted molar refractivity (Wildman–Crippen MR) is 102 cm³/mol. The quantitative estimate of drug-likeness (QED) is 0.735. The topological polar surface area (TPSA) is 90.7 Å². The highest BCUT2D eigenvalue weighted by molar-refractivity contribution is 6.33. The molecule has 1 fully saturated rings. The van der Waals surface area contributed by atoms with Gasteiger partial charge in [0.25, 0.3) is 0 Å². The Bertz CT molecular complexity index is 884. The monoisotopic (exact) mass is 445 g/mol. The van der Waals surface area contributed by atoms with Crippen LogP contribution < -0.4 is 15.5 Å². The van der Waals surface area contributed by atoms with Crippen molar-refractivity contribution in [3.63, 3.8) is 0 Å². The van der Waals surface area contributed by atoms with E-state index in [9.17, 15) is 22.8 Å². The number of urea groups is 1. The third kappa shape index (κ3) is 5.86. The van der Waals surface area contributed by atoms with Crippen LogP contribution in [0.1, 0.15) is 11.3 Å². The number of carbonyl (C=O) groups is 2. The second-order valence-electron chi connectivity index (χ2n) is 6.60. The van der Waals surface area contributed by atoms with Crippen LogP contribution >= 0.6 is 11.6 Å². The lowest BCUT2D eigenvalue weighted by atomic mass is 10.2. The van der Waals surface area contributed by atoms with Gasteiger partial charge in [0.05, 0.1) is 29.9 Å². The van der Waals surface area contributed by atoms with Crippen molar-refractivity contribution in [2.75, 3.05) is 37.6 Å². The highest BCUT2D eigenvalue weighted by Gasteiger charge is 2.32. The van der Waals surface area contributed by atoms with Gasteiger partial charge in [-0.15, -0.1) is 0 Å². The second kappa shape index (κ2) is 9.35. The van der Waals surface area contributed by atoms with Crippen molar-refractivity contribution in [3.05, 3.63) is 47.0 Å². The summed E-state index contributed by atoms with van der Waals surface area (Å²) in [5.74, 6) is 0.362. The molecule has 1 aliphatic rings. The minimum atomic E-state index is -4.51. The van der Waals surface area contributed by atoms with E-state index in [0.29, 0.717) is 31.9 Å². The maximum atomic E-state index is 12.7. The molecule has 0 radical (unpaired) electrons. The van der Waals surface area contributed by atoms with E-state index in [4.69, 9.17) is 16.0 Å². The summed E-state index contributed by atoms with van der Waals surface area (Å²) in [6, 6.07) is 3.60. The average Bonchev–Trinajstić information content (AvgIpc) is 3.20. The summed E-state index contributed by atoms with van der Waals surface area (Å²) in [7, 11) is 0. The van der Waals surface area contributed by atoms with Crippen molar-refractivity contribution in [2.45, 2.75) is 12.7 Å². The number of carbonyl (C=O) groups excluding carboxylic acids is 2. The fraction of sp³-hybridized carbons (Fsp3) is 0.389. The number of halogens is 4. The molecular formula is C18H19ClF3N5O3. The fourth-order valence-corrected chi connectivity index (χ4v) is 3.22. The van der Waals surface area contributed by atoms with Gasteiger partial charge in [-0.3, -0.25) is 15.0 Å².